The Morgan fingerprint density at radius 2 is 1.79 bits per heavy atom. The Kier molecular flexibility index (Phi) is 6.60. The van der Waals surface area contributed by atoms with E-state index in [0.717, 1.165) is 33.1 Å². The molecule has 2 aromatic carbocycles. The molecule has 0 spiro atoms. The molecule has 2 amide bonds. The van der Waals surface area contributed by atoms with Crippen LogP contribution in [-0.4, -0.2) is 43.4 Å². The van der Waals surface area contributed by atoms with Crippen LogP contribution in [0, 0.1) is 11.3 Å². The summed E-state index contributed by atoms with van der Waals surface area (Å²) in [5, 5.41) is 24.3. The summed E-state index contributed by atoms with van der Waals surface area (Å²) in [4.78, 5) is 34.1. The average Bonchev–Trinajstić information content (AvgIpc) is 3.22. The van der Waals surface area contributed by atoms with E-state index in [4.69, 9.17) is 5.11 Å². The van der Waals surface area contributed by atoms with Crippen molar-refractivity contribution < 1.29 is 9.90 Å². The molecule has 0 bridgehead atoms. The number of carbonyl (C=O) groups is 1. The third kappa shape index (κ3) is 4.71. The SMILES string of the molecule is Cn1c(=O)n(-c2ccc(C(C)(C)C#N)cc2)c2c3cc(-c4ccc(NC(=O)NCCO)nc4)ccc3ncc21. The lowest BCUT2D eigenvalue weighted by atomic mass is 9.86. The number of pyridine rings is 2. The maximum Gasteiger partial charge on any atom is 0.333 e. The minimum atomic E-state index is -0.643. The third-order valence-electron chi connectivity index (χ3n) is 6.75. The number of nitrogens with zero attached hydrogens (tertiary/aromatic N) is 5. The first-order chi connectivity index (χ1) is 18.7. The highest BCUT2D eigenvalue weighted by molar-refractivity contribution is 6.04. The van der Waals surface area contributed by atoms with Gasteiger partial charge in [0.05, 0.1) is 46.5 Å². The zero-order valence-corrected chi connectivity index (χ0v) is 21.8. The van der Waals surface area contributed by atoms with E-state index in [9.17, 15) is 14.9 Å². The van der Waals surface area contributed by atoms with Crippen LogP contribution in [0.1, 0.15) is 19.4 Å². The molecular weight excluding hydrogens is 494 g/mol. The lowest BCUT2D eigenvalue weighted by molar-refractivity contribution is 0.244. The highest BCUT2D eigenvalue weighted by atomic mass is 16.3. The van der Waals surface area contributed by atoms with Crippen LogP contribution in [0.5, 0.6) is 0 Å². The van der Waals surface area contributed by atoms with E-state index in [1.54, 1.807) is 34.6 Å². The molecular formula is C29H27N7O3. The Hall–Kier alpha value is -5.01. The van der Waals surface area contributed by atoms with E-state index in [0.29, 0.717) is 17.0 Å². The number of imidazole rings is 1. The van der Waals surface area contributed by atoms with E-state index >= 15 is 0 Å². The molecule has 0 atom stereocenters. The summed E-state index contributed by atoms with van der Waals surface area (Å²) in [5.41, 5.74) is 4.57. The minimum Gasteiger partial charge on any atom is -0.395 e. The Morgan fingerprint density at radius 3 is 2.46 bits per heavy atom. The number of aliphatic hydroxyl groups excluding tert-OH is 1. The predicted molar refractivity (Wildman–Crippen MR) is 150 cm³/mol. The van der Waals surface area contributed by atoms with Crippen LogP contribution >= 0.6 is 0 Å². The Bertz CT molecular complexity index is 1790. The molecule has 5 aromatic rings. The molecule has 3 N–H and O–H groups in total. The topological polar surface area (TPSA) is 138 Å². The summed E-state index contributed by atoms with van der Waals surface area (Å²) >= 11 is 0. The number of aryl methyl sites for hydroxylation is 1. The number of nitrogens with one attached hydrogen (secondary N) is 2. The zero-order valence-electron chi connectivity index (χ0n) is 21.8. The standard InChI is InChI=1S/C29H27N7O3/c1-29(2,17-30)20-6-8-21(9-7-20)36-26-22-14-18(4-10-23(22)32-16-24(26)35(3)28(36)39)19-5-11-25(33-15-19)34-27(38)31-12-13-37/h4-11,14-16,37H,12-13H2,1-3H3,(H2,31,33,34,38). The first kappa shape index (κ1) is 25.6. The van der Waals surface area contributed by atoms with Crippen molar-refractivity contribution in [3.05, 3.63) is 83.0 Å². The molecule has 196 valence electrons. The Morgan fingerprint density at radius 1 is 1.05 bits per heavy atom. The average molecular weight is 522 g/mol. The van der Waals surface area contributed by atoms with Crippen molar-refractivity contribution in [1.29, 1.82) is 5.26 Å². The number of aliphatic hydroxyl groups is 1. The minimum absolute atomic E-state index is 0.149. The predicted octanol–water partition coefficient (Wildman–Crippen LogP) is 3.85. The number of rotatable bonds is 6. The van der Waals surface area contributed by atoms with Crippen molar-refractivity contribution in [3.63, 3.8) is 0 Å². The maximum absolute atomic E-state index is 13.4. The van der Waals surface area contributed by atoms with Gasteiger partial charge in [0.25, 0.3) is 0 Å². The number of nitriles is 1. The van der Waals surface area contributed by atoms with Gasteiger partial charge in [-0.2, -0.15) is 5.26 Å². The second-order valence-electron chi connectivity index (χ2n) is 9.72. The van der Waals surface area contributed by atoms with Gasteiger partial charge < -0.3 is 10.4 Å². The monoisotopic (exact) mass is 521 g/mol. The molecule has 0 aliphatic rings. The van der Waals surface area contributed by atoms with E-state index in [1.807, 2.05) is 62.4 Å². The number of urea groups is 1. The number of anilines is 1. The van der Waals surface area contributed by atoms with Crippen LogP contribution in [0.3, 0.4) is 0 Å². The summed E-state index contributed by atoms with van der Waals surface area (Å²) in [5.74, 6) is 0.374. The molecule has 39 heavy (non-hydrogen) atoms. The molecule has 0 saturated heterocycles. The van der Waals surface area contributed by atoms with Crippen LogP contribution in [0.2, 0.25) is 0 Å². The number of carbonyl (C=O) groups excluding carboxylic acids is 1. The van der Waals surface area contributed by atoms with Crippen molar-refractivity contribution in [2.45, 2.75) is 19.3 Å². The third-order valence-corrected chi connectivity index (χ3v) is 6.75. The molecule has 0 radical (unpaired) electrons. The summed E-state index contributed by atoms with van der Waals surface area (Å²) in [6.45, 7) is 3.71. The molecule has 0 fully saturated rings. The lowest BCUT2D eigenvalue weighted by Crippen LogP contribution is -2.31. The summed E-state index contributed by atoms with van der Waals surface area (Å²) in [7, 11) is 1.72. The number of aromatic nitrogens is 4. The second kappa shape index (κ2) is 10.0. The van der Waals surface area contributed by atoms with E-state index < -0.39 is 11.4 Å². The van der Waals surface area contributed by atoms with Gasteiger partial charge >= 0.3 is 11.7 Å². The Balaban J connectivity index is 1.59. The molecule has 10 heteroatoms. The van der Waals surface area contributed by atoms with Gasteiger partial charge in [-0.05, 0) is 61.4 Å². The van der Waals surface area contributed by atoms with E-state index in [2.05, 4.69) is 26.7 Å². The van der Waals surface area contributed by atoms with Crippen LogP contribution in [0.15, 0.2) is 71.8 Å². The summed E-state index contributed by atoms with van der Waals surface area (Å²) in [6.07, 6.45) is 3.36. The first-order valence-corrected chi connectivity index (χ1v) is 12.4. The number of benzene rings is 2. The van der Waals surface area contributed by atoms with Gasteiger partial charge in [-0.15, -0.1) is 0 Å². The van der Waals surface area contributed by atoms with Crippen molar-refractivity contribution in [3.8, 4) is 22.9 Å². The number of amides is 2. The Labute approximate surface area is 224 Å². The smallest absolute Gasteiger partial charge is 0.333 e. The quantitative estimate of drug-likeness (QED) is 0.310. The highest BCUT2D eigenvalue weighted by Gasteiger charge is 2.21. The first-order valence-electron chi connectivity index (χ1n) is 12.4. The van der Waals surface area contributed by atoms with Crippen molar-refractivity contribution >= 4 is 33.8 Å². The molecule has 0 aliphatic carbocycles. The van der Waals surface area contributed by atoms with Gasteiger partial charge in [0.2, 0.25) is 0 Å². The number of fused-ring (bicyclic) bond motifs is 3. The van der Waals surface area contributed by atoms with Crippen LogP contribution in [0.25, 0.3) is 38.8 Å². The largest absolute Gasteiger partial charge is 0.395 e. The fourth-order valence-corrected chi connectivity index (χ4v) is 4.48. The van der Waals surface area contributed by atoms with Crippen LogP contribution < -0.4 is 16.3 Å². The van der Waals surface area contributed by atoms with Gasteiger partial charge in [-0.25, -0.2) is 14.6 Å². The van der Waals surface area contributed by atoms with Crippen molar-refractivity contribution in [1.82, 2.24) is 24.4 Å². The number of hydrogen-bond acceptors (Lipinski definition) is 6. The zero-order chi connectivity index (χ0) is 27.7. The molecule has 3 heterocycles. The van der Waals surface area contributed by atoms with Crippen LogP contribution in [-0.2, 0) is 12.5 Å². The van der Waals surface area contributed by atoms with Gasteiger partial charge in [0.1, 0.15) is 5.82 Å². The molecule has 5 rings (SSSR count). The second-order valence-corrected chi connectivity index (χ2v) is 9.72. The van der Waals surface area contributed by atoms with E-state index in [-0.39, 0.29) is 18.8 Å². The fourth-order valence-electron chi connectivity index (χ4n) is 4.48. The van der Waals surface area contributed by atoms with Crippen molar-refractivity contribution in [2.24, 2.45) is 7.05 Å². The van der Waals surface area contributed by atoms with Gasteiger partial charge in [-0.3, -0.25) is 19.4 Å². The normalized spacial score (nSPS) is 11.5. The molecule has 0 aliphatic heterocycles. The summed E-state index contributed by atoms with van der Waals surface area (Å²) < 4.78 is 3.24. The highest BCUT2D eigenvalue weighted by Crippen LogP contribution is 2.30. The van der Waals surface area contributed by atoms with Gasteiger partial charge in [0, 0.05) is 30.7 Å². The molecule has 0 saturated carbocycles. The fraction of sp³-hybridized carbons (Fsp3) is 0.207. The van der Waals surface area contributed by atoms with Gasteiger partial charge in [-0.1, -0.05) is 18.2 Å². The maximum atomic E-state index is 13.4. The molecule has 10 nitrogen and oxygen atoms in total. The molecule has 3 aromatic heterocycles. The van der Waals surface area contributed by atoms with Crippen molar-refractivity contribution in [2.75, 3.05) is 18.5 Å². The van der Waals surface area contributed by atoms with Gasteiger partial charge in [0.15, 0.2) is 0 Å². The van der Waals surface area contributed by atoms with Crippen LogP contribution in [0.4, 0.5) is 10.6 Å². The number of hydrogen-bond donors (Lipinski definition) is 3. The molecule has 0 unspecified atom stereocenters. The van der Waals surface area contributed by atoms with E-state index in [1.165, 1.54) is 0 Å². The summed E-state index contributed by atoms with van der Waals surface area (Å²) in [6, 6.07) is 18.7. The lowest BCUT2D eigenvalue weighted by Gasteiger charge is -2.16.